The summed E-state index contributed by atoms with van der Waals surface area (Å²) in [6.07, 6.45) is 4.31. The second kappa shape index (κ2) is 5.74. The van der Waals surface area contributed by atoms with Gasteiger partial charge in [0.15, 0.2) is 0 Å². The van der Waals surface area contributed by atoms with E-state index < -0.39 is 0 Å². The molecule has 3 nitrogen and oxygen atoms in total. The highest BCUT2D eigenvalue weighted by Gasteiger charge is 2.30. The van der Waals surface area contributed by atoms with Gasteiger partial charge in [-0.2, -0.15) is 0 Å². The number of ether oxygens (including phenoxy) is 1. The lowest BCUT2D eigenvalue weighted by molar-refractivity contribution is 0.0533. The molecule has 2 aliphatic heterocycles. The maximum absolute atomic E-state index is 12.1. The molecule has 3 rings (SSSR count). The van der Waals surface area contributed by atoms with Crippen LogP contribution >= 0.6 is 11.6 Å². The molecule has 1 N–H and O–H groups in total. The van der Waals surface area contributed by atoms with E-state index in [-0.39, 0.29) is 23.5 Å². The fourth-order valence-electron chi connectivity index (χ4n) is 3.03. The van der Waals surface area contributed by atoms with Crippen LogP contribution in [0, 0.1) is 0 Å². The van der Waals surface area contributed by atoms with Gasteiger partial charge in [0.2, 0.25) is 0 Å². The smallest absolute Gasteiger partial charge is 0.251 e. The average molecular weight is 294 g/mol. The normalized spacial score (nSPS) is 27.6. The van der Waals surface area contributed by atoms with Gasteiger partial charge in [0, 0.05) is 12.1 Å². The Bertz CT molecular complexity index is 517. The number of alkyl halides is 1. The molecule has 2 heterocycles. The third-order valence-corrected chi connectivity index (χ3v) is 4.73. The lowest BCUT2D eigenvalue weighted by Crippen LogP contribution is -2.23. The summed E-state index contributed by atoms with van der Waals surface area (Å²) in [6, 6.07) is 6.03. The molecule has 0 spiro atoms. The van der Waals surface area contributed by atoms with Crippen LogP contribution in [0.3, 0.4) is 0 Å². The monoisotopic (exact) mass is 293 g/mol. The second-order valence-corrected chi connectivity index (χ2v) is 6.21. The topological polar surface area (TPSA) is 38.3 Å². The van der Waals surface area contributed by atoms with Gasteiger partial charge in [-0.05, 0) is 49.8 Å². The molecule has 0 aliphatic carbocycles. The van der Waals surface area contributed by atoms with Crippen LogP contribution in [0.25, 0.3) is 0 Å². The molecule has 1 fully saturated rings. The second-order valence-electron chi connectivity index (χ2n) is 5.74. The first-order valence-corrected chi connectivity index (χ1v) is 7.79. The number of carbonyl (C=O) groups is 1. The highest BCUT2D eigenvalue weighted by atomic mass is 35.5. The lowest BCUT2D eigenvalue weighted by Gasteiger charge is -2.19. The molecule has 2 aliphatic rings. The van der Waals surface area contributed by atoms with Crippen LogP contribution in [0.15, 0.2) is 18.2 Å². The van der Waals surface area contributed by atoms with Crippen molar-refractivity contribution in [3.63, 3.8) is 0 Å². The standard InChI is InChI=1S/C16H20ClNO2/c1-10-4-7-14(20-10)15(17)12-6-5-11-3-2-8-18-16(19)13(11)9-12/h5-6,9-10,14-15H,2-4,7-8H2,1H3,(H,18,19). The number of carbonyl (C=O) groups excluding carboxylic acids is 1. The van der Waals surface area contributed by atoms with Crippen molar-refractivity contribution in [1.29, 1.82) is 0 Å². The zero-order chi connectivity index (χ0) is 14.1. The van der Waals surface area contributed by atoms with Crippen molar-refractivity contribution < 1.29 is 9.53 Å². The molecule has 0 aromatic heterocycles. The van der Waals surface area contributed by atoms with Crippen LogP contribution in [-0.4, -0.2) is 24.7 Å². The van der Waals surface area contributed by atoms with Gasteiger partial charge in [-0.15, -0.1) is 11.6 Å². The zero-order valence-electron chi connectivity index (χ0n) is 11.7. The van der Waals surface area contributed by atoms with Crippen molar-refractivity contribution >= 4 is 17.5 Å². The molecular weight excluding hydrogens is 274 g/mol. The largest absolute Gasteiger partial charge is 0.373 e. The number of nitrogens with one attached hydrogen (secondary N) is 1. The molecule has 0 saturated carbocycles. The molecule has 3 atom stereocenters. The van der Waals surface area contributed by atoms with Crippen LogP contribution in [0.5, 0.6) is 0 Å². The van der Waals surface area contributed by atoms with Crippen molar-refractivity contribution in [3.8, 4) is 0 Å². The minimum Gasteiger partial charge on any atom is -0.373 e. The molecule has 3 unspecified atom stereocenters. The quantitative estimate of drug-likeness (QED) is 0.850. The summed E-state index contributed by atoms with van der Waals surface area (Å²) in [7, 11) is 0. The molecule has 1 saturated heterocycles. The van der Waals surface area contributed by atoms with Crippen LogP contribution < -0.4 is 5.32 Å². The summed E-state index contributed by atoms with van der Waals surface area (Å²) in [6.45, 7) is 2.82. The van der Waals surface area contributed by atoms with Crippen molar-refractivity contribution in [2.24, 2.45) is 0 Å². The summed E-state index contributed by atoms with van der Waals surface area (Å²) in [5.41, 5.74) is 2.88. The van der Waals surface area contributed by atoms with Gasteiger partial charge in [-0.3, -0.25) is 4.79 Å². The van der Waals surface area contributed by atoms with E-state index in [0.29, 0.717) is 0 Å². The molecule has 1 amide bonds. The predicted molar refractivity (Wildman–Crippen MR) is 79.3 cm³/mol. The van der Waals surface area contributed by atoms with E-state index in [4.69, 9.17) is 16.3 Å². The summed E-state index contributed by atoms with van der Waals surface area (Å²) in [5.74, 6) is 0.0175. The molecule has 0 radical (unpaired) electrons. The molecular formula is C16H20ClNO2. The number of amides is 1. The Morgan fingerprint density at radius 3 is 3.00 bits per heavy atom. The number of halogens is 1. The fraction of sp³-hybridized carbons (Fsp3) is 0.562. The van der Waals surface area contributed by atoms with Gasteiger partial charge in [-0.25, -0.2) is 0 Å². The van der Waals surface area contributed by atoms with E-state index in [2.05, 4.69) is 12.2 Å². The van der Waals surface area contributed by atoms with Crippen LogP contribution in [0.1, 0.15) is 53.0 Å². The van der Waals surface area contributed by atoms with Gasteiger partial charge in [0.25, 0.3) is 5.91 Å². The van der Waals surface area contributed by atoms with Gasteiger partial charge in [0.1, 0.15) is 0 Å². The Morgan fingerprint density at radius 2 is 2.25 bits per heavy atom. The van der Waals surface area contributed by atoms with Crippen molar-refractivity contribution in [1.82, 2.24) is 5.32 Å². The highest BCUT2D eigenvalue weighted by molar-refractivity contribution is 6.21. The maximum Gasteiger partial charge on any atom is 0.251 e. The van der Waals surface area contributed by atoms with E-state index in [0.717, 1.165) is 48.9 Å². The lowest BCUT2D eigenvalue weighted by atomic mass is 9.97. The van der Waals surface area contributed by atoms with Crippen LogP contribution in [0.4, 0.5) is 0 Å². The Morgan fingerprint density at radius 1 is 1.40 bits per heavy atom. The summed E-state index contributed by atoms with van der Waals surface area (Å²) >= 11 is 6.55. The first kappa shape index (κ1) is 13.9. The third-order valence-electron chi connectivity index (χ3n) is 4.20. The van der Waals surface area contributed by atoms with Gasteiger partial charge >= 0.3 is 0 Å². The first-order chi connectivity index (χ1) is 9.65. The highest BCUT2D eigenvalue weighted by Crippen LogP contribution is 2.35. The number of hydrogen-bond acceptors (Lipinski definition) is 2. The van der Waals surface area contributed by atoms with Crippen molar-refractivity contribution in [3.05, 3.63) is 34.9 Å². The molecule has 4 heteroatoms. The molecule has 0 bridgehead atoms. The number of fused-ring (bicyclic) bond motifs is 1. The summed E-state index contributed by atoms with van der Waals surface area (Å²) in [5, 5.41) is 2.75. The van der Waals surface area contributed by atoms with Crippen molar-refractivity contribution in [2.75, 3.05) is 6.54 Å². The number of aryl methyl sites for hydroxylation is 1. The maximum atomic E-state index is 12.1. The number of benzene rings is 1. The van der Waals surface area contributed by atoms with Crippen molar-refractivity contribution in [2.45, 2.75) is 50.2 Å². The van der Waals surface area contributed by atoms with Crippen LogP contribution in [-0.2, 0) is 11.2 Å². The summed E-state index contributed by atoms with van der Waals surface area (Å²) in [4.78, 5) is 12.1. The minimum atomic E-state index is -0.179. The van der Waals surface area contributed by atoms with E-state index in [9.17, 15) is 4.79 Å². The van der Waals surface area contributed by atoms with Crippen LogP contribution in [0.2, 0.25) is 0 Å². The average Bonchev–Trinajstić information content (AvgIpc) is 2.80. The van der Waals surface area contributed by atoms with E-state index in [1.54, 1.807) is 0 Å². The Labute approximate surface area is 124 Å². The first-order valence-electron chi connectivity index (χ1n) is 7.35. The SMILES string of the molecule is CC1CCC(C(Cl)c2ccc3c(c2)C(=O)NCCC3)O1. The third kappa shape index (κ3) is 2.70. The Hall–Kier alpha value is -1.06. The van der Waals surface area contributed by atoms with E-state index >= 15 is 0 Å². The molecule has 1 aromatic rings. The Balaban J connectivity index is 1.86. The van der Waals surface area contributed by atoms with E-state index in [1.807, 2.05) is 18.2 Å². The predicted octanol–water partition coefficient (Wildman–Crippen LogP) is 3.21. The zero-order valence-corrected chi connectivity index (χ0v) is 12.5. The molecule has 108 valence electrons. The number of hydrogen-bond donors (Lipinski definition) is 1. The molecule has 20 heavy (non-hydrogen) atoms. The number of rotatable bonds is 2. The summed E-state index contributed by atoms with van der Waals surface area (Å²) < 4.78 is 5.84. The fourth-order valence-corrected chi connectivity index (χ4v) is 3.36. The minimum absolute atomic E-state index is 0.0175. The van der Waals surface area contributed by atoms with Gasteiger partial charge in [-0.1, -0.05) is 12.1 Å². The van der Waals surface area contributed by atoms with Gasteiger partial charge in [0.05, 0.1) is 17.6 Å². The Kier molecular flexibility index (Phi) is 3.99. The van der Waals surface area contributed by atoms with E-state index in [1.165, 1.54) is 0 Å². The molecule has 1 aromatic carbocycles. The van der Waals surface area contributed by atoms with Gasteiger partial charge < -0.3 is 10.1 Å².